The number of aliphatic hydroxyl groups excluding tert-OH is 4. The maximum absolute atomic E-state index is 12.7. The number of aliphatic hydroxyl groups is 4. The van der Waals surface area contributed by atoms with E-state index >= 15 is 0 Å². The van der Waals surface area contributed by atoms with Crippen LogP contribution in [0.3, 0.4) is 0 Å². The predicted molar refractivity (Wildman–Crippen MR) is 111 cm³/mol. The Kier molecular flexibility index (Phi) is 5.89. The quantitative estimate of drug-likeness (QED) is 0.208. The lowest BCUT2D eigenvalue weighted by Gasteiger charge is -2.39. The van der Waals surface area contributed by atoms with Crippen LogP contribution in [-0.2, 0) is 4.74 Å². The Labute approximate surface area is 189 Å². The standard InChI is InChI=1S/C21H20O13/c22-5-12-15(27)17(29)19(31)21(34-12)32-7-3-8(23)13-11(4-7)33-20(18(30)16(13)28)6-1-9(24)14(26)10(25)2-6/h1-4,12,15,17,19,21-27,29-31H,5H2/t12?,15-,17?,19-,21?/m1/s1. The molecule has 1 saturated heterocycles. The highest BCUT2D eigenvalue weighted by Gasteiger charge is 2.44. The van der Waals surface area contributed by atoms with E-state index in [0.717, 1.165) is 24.3 Å². The summed E-state index contributed by atoms with van der Waals surface area (Å²) < 4.78 is 16.2. The molecule has 9 N–H and O–H groups in total. The van der Waals surface area contributed by atoms with Gasteiger partial charge in [0.1, 0.15) is 46.9 Å². The number of phenolic OH excluding ortho intramolecular Hbond substituents is 4. The molecule has 5 atom stereocenters. The fraction of sp³-hybridized carbons (Fsp3) is 0.286. The van der Waals surface area contributed by atoms with Crippen LogP contribution in [-0.4, -0.2) is 83.3 Å². The van der Waals surface area contributed by atoms with Crippen molar-refractivity contribution in [3.8, 4) is 45.8 Å². The third kappa shape index (κ3) is 3.81. The van der Waals surface area contributed by atoms with Gasteiger partial charge in [-0.15, -0.1) is 0 Å². The first-order chi connectivity index (χ1) is 16.0. The minimum atomic E-state index is -1.75. The first kappa shape index (κ1) is 23.4. The molecule has 1 aliphatic heterocycles. The van der Waals surface area contributed by atoms with Crippen LogP contribution < -0.4 is 10.2 Å². The first-order valence-corrected chi connectivity index (χ1v) is 9.78. The largest absolute Gasteiger partial charge is 0.507 e. The molecule has 3 unspecified atom stereocenters. The SMILES string of the molecule is O=c1c(O)c(-c2cc(O)c(O)c(O)c2)oc2cc(OC3OC(CO)[C@@H](O)C(O)[C@H]3O)cc(O)c12. The normalized spacial score (nSPS) is 24.9. The van der Waals surface area contributed by atoms with Gasteiger partial charge >= 0.3 is 0 Å². The maximum atomic E-state index is 12.7. The van der Waals surface area contributed by atoms with Crippen LogP contribution >= 0.6 is 0 Å². The fourth-order valence-electron chi connectivity index (χ4n) is 3.56. The molecule has 1 aromatic heterocycles. The molecule has 0 spiro atoms. The number of aromatic hydroxyl groups is 5. The van der Waals surface area contributed by atoms with Crippen molar-refractivity contribution < 1.29 is 59.8 Å². The summed E-state index contributed by atoms with van der Waals surface area (Å²) in [5, 5.41) is 88.3. The summed E-state index contributed by atoms with van der Waals surface area (Å²) in [6.45, 7) is -0.697. The predicted octanol–water partition coefficient (Wildman–Crippen LogP) is -0.833. The van der Waals surface area contributed by atoms with Gasteiger partial charge in [-0.05, 0) is 12.1 Å². The van der Waals surface area contributed by atoms with Gasteiger partial charge in [0.25, 0.3) is 0 Å². The topological polar surface area (TPSA) is 231 Å². The Morgan fingerprint density at radius 2 is 1.47 bits per heavy atom. The highest BCUT2D eigenvalue weighted by Crippen LogP contribution is 2.42. The van der Waals surface area contributed by atoms with Gasteiger partial charge in [-0.2, -0.15) is 0 Å². The van der Waals surface area contributed by atoms with E-state index in [-0.39, 0.29) is 16.9 Å². The third-order valence-electron chi connectivity index (χ3n) is 5.36. The van der Waals surface area contributed by atoms with E-state index in [1.165, 1.54) is 0 Å². The zero-order valence-corrected chi connectivity index (χ0v) is 17.1. The van der Waals surface area contributed by atoms with Gasteiger partial charge in [0, 0.05) is 17.7 Å². The molecule has 13 nitrogen and oxygen atoms in total. The van der Waals surface area contributed by atoms with Crippen molar-refractivity contribution in [3.63, 3.8) is 0 Å². The van der Waals surface area contributed by atoms with Gasteiger partial charge in [0.2, 0.25) is 17.5 Å². The van der Waals surface area contributed by atoms with Crippen LogP contribution in [0.25, 0.3) is 22.3 Å². The van der Waals surface area contributed by atoms with Crippen LogP contribution in [0.15, 0.2) is 33.5 Å². The van der Waals surface area contributed by atoms with Gasteiger partial charge < -0.3 is 59.8 Å². The molecule has 4 rings (SSSR count). The second-order valence-electron chi connectivity index (χ2n) is 7.60. The summed E-state index contributed by atoms with van der Waals surface area (Å²) in [5.41, 5.74) is -1.59. The lowest BCUT2D eigenvalue weighted by Crippen LogP contribution is -2.60. The molecule has 1 aliphatic rings. The molecule has 182 valence electrons. The van der Waals surface area contributed by atoms with E-state index in [0.29, 0.717) is 0 Å². The molecule has 0 radical (unpaired) electrons. The summed E-state index contributed by atoms with van der Waals surface area (Å²) in [7, 11) is 0. The molecule has 1 fully saturated rings. The lowest BCUT2D eigenvalue weighted by atomic mass is 9.99. The summed E-state index contributed by atoms with van der Waals surface area (Å²) in [6, 6.07) is 3.85. The molecule has 13 heteroatoms. The molecule has 3 aromatic rings. The number of rotatable bonds is 4. The summed E-state index contributed by atoms with van der Waals surface area (Å²) in [4.78, 5) is 12.7. The van der Waals surface area contributed by atoms with E-state index in [9.17, 15) is 50.8 Å². The molecule has 0 saturated carbocycles. The monoisotopic (exact) mass is 480 g/mol. The van der Waals surface area contributed by atoms with Crippen molar-refractivity contribution in [3.05, 3.63) is 34.5 Å². The molecule has 0 bridgehead atoms. The highest BCUT2D eigenvalue weighted by atomic mass is 16.7. The number of phenols is 4. The number of benzene rings is 2. The zero-order valence-electron chi connectivity index (χ0n) is 17.1. The van der Waals surface area contributed by atoms with Gasteiger partial charge in [0.15, 0.2) is 23.0 Å². The highest BCUT2D eigenvalue weighted by molar-refractivity contribution is 5.88. The molecule has 0 aliphatic carbocycles. The van der Waals surface area contributed by atoms with Crippen LogP contribution in [0.5, 0.6) is 34.5 Å². The summed E-state index contributed by atoms with van der Waals surface area (Å²) in [5.74, 6) is -4.77. The smallest absolute Gasteiger partial charge is 0.238 e. The van der Waals surface area contributed by atoms with Crippen molar-refractivity contribution in [2.24, 2.45) is 0 Å². The van der Waals surface area contributed by atoms with Crippen molar-refractivity contribution in [2.75, 3.05) is 6.61 Å². The first-order valence-electron chi connectivity index (χ1n) is 9.78. The molecule has 34 heavy (non-hydrogen) atoms. The second kappa shape index (κ2) is 8.55. The molecular formula is C21H20O13. The van der Waals surface area contributed by atoms with Gasteiger partial charge in [-0.25, -0.2) is 0 Å². The Morgan fingerprint density at radius 3 is 2.09 bits per heavy atom. The van der Waals surface area contributed by atoms with Crippen molar-refractivity contribution in [1.82, 2.24) is 0 Å². The average molecular weight is 480 g/mol. The van der Waals surface area contributed by atoms with Gasteiger partial charge in [0.05, 0.1) is 6.61 Å². The number of fused-ring (bicyclic) bond motifs is 1. The van der Waals surface area contributed by atoms with E-state index < -0.39 is 82.6 Å². The molecule has 2 heterocycles. The molecular weight excluding hydrogens is 460 g/mol. The fourth-order valence-corrected chi connectivity index (χ4v) is 3.56. The van der Waals surface area contributed by atoms with E-state index in [1.807, 2.05) is 0 Å². The van der Waals surface area contributed by atoms with Crippen LogP contribution in [0.4, 0.5) is 0 Å². The van der Waals surface area contributed by atoms with E-state index in [4.69, 9.17) is 13.9 Å². The third-order valence-corrected chi connectivity index (χ3v) is 5.36. The second-order valence-corrected chi connectivity index (χ2v) is 7.60. The van der Waals surface area contributed by atoms with Crippen molar-refractivity contribution in [2.45, 2.75) is 30.7 Å². The average Bonchev–Trinajstić information content (AvgIpc) is 2.79. The number of hydrogen-bond donors (Lipinski definition) is 9. The molecule has 2 aromatic carbocycles. The van der Waals surface area contributed by atoms with E-state index in [1.54, 1.807) is 0 Å². The van der Waals surface area contributed by atoms with Gasteiger partial charge in [-0.3, -0.25) is 4.79 Å². The zero-order chi connectivity index (χ0) is 24.9. The Hall–Kier alpha value is -3.75. The van der Waals surface area contributed by atoms with Crippen molar-refractivity contribution in [1.29, 1.82) is 0 Å². The van der Waals surface area contributed by atoms with Crippen LogP contribution in [0.1, 0.15) is 0 Å². The Bertz CT molecular complexity index is 1280. The van der Waals surface area contributed by atoms with Crippen LogP contribution in [0, 0.1) is 0 Å². The minimum Gasteiger partial charge on any atom is -0.507 e. The Balaban J connectivity index is 1.78. The number of ether oxygens (including phenoxy) is 2. The maximum Gasteiger partial charge on any atom is 0.238 e. The minimum absolute atomic E-state index is 0.191. The number of hydrogen-bond acceptors (Lipinski definition) is 13. The van der Waals surface area contributed by atoms with Gasteiger partial charge in [-0.1, -0.05) is 0 Å². The summed E-state index contributed by atoms with van der Waals surface area (Å²) in [6.07, 6.45) is -7.94. The van der Waals surface area contributed by atoms with E-state index in [2.05, 4.69) is 0 Å². The molecule has 0 amide bonds. The Morgan fingerprint density at radius 1 is 0.824 bits per heavy atom. The van der Waals surface area contributed by atoms with Crippen LogP contribution in [0.2, 0.25) is 0 Å². The summed E-state index contributed by atoms with van der Waals surface area (Å²) >= 11 is 0. The van der Waals surface area contributed by atoms with Crippen molar-refractivity contribution >= 4 is 11.0 Å². The lowest BCUT2D eigenvalue weighted by molar-refractivity contribution is -0.277.